The molecule has 3 aromatic rings. The number of aliphatic hydroxyl groups is 1. The Morgan fingerprint density at radius 2 is 1.64 bits per heavy atom. The average molecular weight is 768 g/mol. The van der Waals surface area contributed by atoms with Crippen LogP contribution in [0.3, 0.4) is 0 Å². The van der Waals surface area contributed by atoms with E-state index in [-0.39, 0.29) is 19.4 Å². The summed E-state index contributed by atoms with van der Waals surface area (Å²) in [7, 11) is 1.00. The number of halogens is 3. The Hall–Kier alpha value is -3.34. The lowest BCUT2D eigenvalue weighted by atomic mass is 9.61. The van der Waals surface area contributed by atoms with Gasteiger partial charge < -0.3 is 24.2 Å². The summed E-state index contributed by atoms with van der Waals surface area (Å²) in [6.07, 6.45) is 7.00. The van der Waals surface area contributed by atoms with Crippen LogP contribution in [0, 0.1) is 17.8 Å². The first-order valence-corrected chi connectivity index (χ1v) is 20.5. The van der Waals surface area contributed by atoms with Crippen molar-refractivity contribution in [2.45, 2.75) is 110 Å². The molecule has 1 aromatic heterocycles. The van der Waals surface area contributed by atoms with E-state index in [0.717, 1.165) is 100 Å². The Morgan fingerprint density at radius 3 is 2.40 bits per heavy atom. The molecule has 2 saturated heterocycles. The number of alkyl halides is 3. The van der Waals surface area contributed by atoms with Crippen LogP contribution >= 0.6 is 0 Å². The molecular weight excluding hydrogens is 704 g/mol. The molecule has 0 radical (unpaired) electrons. The summed E-state index contributed by atoms with van der Waals surface area (Å²) in [6.45, 7) is 10.3. The lowest BCUT2D eigenvalue weighted by Gasteiger charge is -2.44. The molecule has 6 unspecified atom stereocenters. The Kier molecular flexibility index (Phi) is 15.7. The number of ether oxygens (including phenoxy) is 3. The van der Waals surface area contributed by atoms with Gasteiger partial charge in [0.05, 0.1) is 6.61 Å². The van der Waals surface area contributed by atoms with E-state index in [1.54, 1.807) is 5.56 Å². The monoisotopic (exact) mass is 767 g/mol. The van der Waals surface area contributed by atoms with Gasteiger partial charge in [0.15, 0.2) is 0 Å². The fraction of sp³-hybridized carbons (Fsp3) is 0.622. The van der Waals surface area contributed by atoms with Gasteiger partial charge in [-0.15, -0.1) is 0 Å². The predicted octanol–water partition coefficient (Wildman–Crippen LogP) is 10.1. The molecule has 3 aliphatic carbocycles. The largest absolute Gasteiger partial charge is 0.494 e. The molecule has 0 spiro atoms. The minimum Gasteiger partial charge on any atom is -0.494 e. The Bertz CT molecular complexity index is 1600. The summed E-state index contributed by atoms with van der Waals surface area (Å²) in [4.78, 5) is 8.64. The zero-order valence-electron chi connectivity index (χ0n) is 32.4. The number of aryl methyl sites for hydroxylation is 1. The number of rotatable bonds is 9. The number of hydrogen-bond acceptors (Lipinski definition) is 7. The Balaban J connectivity index is 0.00000112. The van der Waals surface area contributed by atoms with Gasteiger partial charge in [-0.2, -0.15) is 13.2 Å². The molecule has 6 atom stereocenters. The molecule has 0 bridgehead atoms. The zero-order valence-corrected chi connectivity index (χ0v) is 32.4. The van der Waals surface area contributed by atoms with Gasteiger partial charge in [0.25, 0.3) is 0 Å². The number of aliphatic hydroxyl groups excluding tert-OH is 1. The van der Waals surface area contributed by atoms with Crippen molar-refractivity contribution in [1.29, 1.82) is 0 Å². The standard InChI is InChI=1S/C41H50F3N3O3.C2H6.CH4O.CH4/c42-41(43,44)38-8-2-9-39(45-38)50-37-7-3-25-49-40(37)29-10-14-31(15-11-29)47-23-21-46(22-24-47)20-4-26-48-32-16-19-34-30(27-32)13-18-35-33-6-1-5-28(33)12-17-36(34)35;2*1-2;/h2,8-11,14-16,19,27-28,33,35-37,40H,1,3-7,12-13,17-18,20-26H2;1-2H3;2H,1H3;1H4. The number of nitrogens with zero attached hydrogens (tertiary/aromatic N) is 3. The highest BCUT2D eigenvalue weighted by Gasteiger charge is 2.44. The van der Waals surface area contributed by atoms with Crippen molar-refractivity contribution in [3.8, 4) is 11.6 Å². The molecule has 5 aliphatic rings. The van der Waals surface area contributed by atoms with E-state index in [9.17, 15) is 13.2 Å². The third-order valence-corrected chi connectivity index (χ3v) is 12.3. The van der Waals surface area contributed by atoms with E-state index in [2.05, 4.69) is 57.2 Å². The van der Waals surface area contributed by atoms with E-state index in [0.29, 0.717) is 13.0 Å². The highest BCUT2D eigenvalue weighted by atomic mass is 19.4. The highest BCUT2D eigenvalue weighted by molar-refractivity contribution is 5.48. The van der Waals surface area contributed by atoms with Crippen LogP contribution < -0.4 is 14.4 Å². The quantitative estimate of drug-likeness (QED) is 0.218. The number of fused-ring (bicyclic) bond motifs is 5. The van der Waals surface area contributed by atoms with Gasteiger partial charge in [0.2, 0.25) is 5.88 Å². The molecule has 304 valence electrons. The number of hydrogen-bond donors (Lipinski definition) is 1. The minimum absolute atomic E-state index is 0. The summed E-state index contributed by atoms with van der Waals surface area (Å²) >= 11 is 0. The van der Waals surface area contributed by atoms with Crippen LogP contribution in [0.4, 0.5) is 18.9 Å². The van der Waals surface area contributed by atoms with Crippen LogP contribution in [-0.2, 0) is 17.3 Å². The molecule has 2 saturated carbocycles. The number of aromatic nitrogens is 1. The first kappa shape index (κ1) is 42.8. The van der Waals surface area contributed by atoms with Crippen molar-refractivity contribution in [3.63, 3.8) is 0 Å². The summed E-state index contributed by atoms with van der Waals surface area (Å²) in [6, 6.07) is 19.1. The van der Waals surface area contributed by atoms with Gasteiger partial charge >= 0.3 is 6.18 Å². The SMILES string of the molecule is C.CC.CO.FC(F)(F)c1cccc(OC2CCCOC2c2ccc(N3CCN(CCCOc4ccc5c(c4)CCC4C5CCC5CCCC54)CC3)cc2)n1. The van der Waals surface area contributed by atoms with Gasteiger partial charge in [-0.05, 0) is 122 Å². The average Bonchev–Trinajstić information content (AvgIpc) is 3.71. The number of benzene rings is 2. The maximum atomic E-state index is 13.2. The molecule has 8 rings (SSSR count). The van der Waals surface area contributed by atoms with Crippen LogP contribution in [-0.4, -0.2) is 74.1 Å². The van der Waals surface area contributed by atoms with Crippen LogP contribution in [0.25, 0.3) is 0 Å². The summed E-state index contributed by atoms with van der Waals surface area (Å²) < 4.78 is 57.9. The van der Waals surface area contributed by atoms with Crippen molar-refractivity contribution >= 4 is 5.69 Å². The molecule has 3 heterocycles. The fourth-order valence-electron chi connectivity index (χ4n) is 9.83. The van der Waals surface area contributed by atoms with E-state index < -0.39 is 18.0 Å². The topological polar surface area (TPSA) is 67.3 Å². The predicted molar refractivity (Wildman–Crippen MR) is 214 cm³/mol. The van der Waals surface area contributed by atoms with Crippen LogP contribution in [0.15, 0.2) is 60.7 Å². The lowest BCUT2D eigenvalue weighted by Crippen LogP contribution is -2.46. The Labute approximate surface area is 327 Å². The summed E-state index contributed by atoms with van der Waals surface area (Å²) in [5.74, 6) is 4.70. The van der Waals surface area contributed by atoms with Crippen LogP contribution in [0.2, 0.25) is 0 Å². The second-order valence-corrected chi connectivity index (χ2v) is 15.2. The van der Waals surface area contributed by atoms with Gasteiger partial charge in [-0.1, -0.05) is 58.4 Å². The van der Waals surface area contributed by atoms with Crippen molar-refractivity contribution in [1.82, 2.24) is 9.88 Å². The molecule has 2 aromatic carbocycles. The van der Waals surface area contributed by atoms with Gasteiger partial charge in [-0.3, -0.25) is 4.90 Å². The Morgan fingerprint density at radius 1 is 0.855 bits per heavy atom. The third-order valence-electron chi connectivity index (χ3n) is 12.3. The minimum atomic E-state index is -4.52. The molecule has 10 heteroatoms. The fourth-order valence-corrected chi connectivity index (χ4v) is 9.83. The third kappa shape index (κ3) is 10.3. The van der Waals surface area contributed by atoms with Gasteiger partial charge in [0, 0.05) is 58.2 Å². The molecule has 2 aliphatic heterocycles. The number of anilines is 1. The normalized spacial score (nSPS) is 26.1. The van der Waals surface area contributed by atoms with Crippen molar-refractivity contribution in [2.24, 2.45) is 17.8 Å². The van der Waals surface area contributed by atoms with Crippen molar-refractivity contribution in [2.75, 3.05) is 57.9 Å². The lowest BCUT2D eigenvalue weighted by molar-refractivity contribution is -0.141. The first-order valence-electron chi connectivity index (χ1n) is 20.5. The zero-order chi connectivity index (χ0) is 38.1. The van der Waals surface area contributed by atoms with Gasteiger partial charge in [0.1, 0.15) is 23.7 Å². The maximum Gasteiger partial charge on any atom is 0.433 e. The van der Waals surface area contributed by atoms with E-state index >= 15 is 0 Å². The molecule has 7 nitrogen and oxygen atoms in total. The second kappa shape index (κ2) is 20.2. The molecule has 55 heavy (non-hydrogen) atoms. The van der Waals surface area contributed by atoms with Crippen molar-refractivity contribution in [3.05, 3.63) is 83.0 Å². The van der Waals surface area contributed by atoms with E-state index in [1.165, 1.54) is 68.3 Å². The van der Waals surface area contributed by atoms with Gasteiger partial charge in [-0.25, -0.2) is 4.98 Å². The maximum absolute atomic E-state index is 13.2. The molecular formula is C45H64F3N3O4. The second-order valence-electron chi connectivity index (χ2n) is 15.2. The summed E-state index contributed by atoms with van der Waals surface area (Å²) in [5.41, 5.74) is 4.34. The molecule has 4 fully saturated rings. The van der Waals surface area contributed by atoms with Crippen molar-refractivity contribution < 1.29 is 32.5 Å². The first-order chi connectivity index (χ1) is 26.4. The van der Waals surface area contributed by atoms with E-state index in [1.807, 2.05) is 13.8 Å². The highest BCUT2D eigenvalue weighted by Crippen LogP contribution is 2.55. The number of pyridine rings is 1. The number of piperazine rings is 1. The van der Waals surface area contributed by atoms with Crippen LogP contribution in [0.5, 0.6) is 11.6 Å². The summed E-state index contributed by atoms with van der Waals surface area (Å²) in [5, 5.41) is 7.00. The van der Waals surface area contributed by atoms with E-state index in [4.69, 9.17) is 19.3 Å². The van der Waals surface area contributed by atoms with Crippen LogP contribution in [0.1, 0.15) is 113 Å². The molecule has 1 N–H and O–H groups in total. The molecule has 0 amide bonds. The smallest absolute Gasteiger partial charge is 0.433 e.